The first-order valence-electron chi connectivity index (χ1n) is 7.32. The summed E-state index contributed by atoms with van der Waals surface area (Å²) in [4.78, 5) is 12.2. The first kappa shape index (κ1) is 17.1. The maximum absolute atomic E-state index is 12.2. The van der Waals surface area contributed by atoms with E-state index in [-0.39, 0.29) is 5.91 Å². The average molecular weight is 338 g/mol. The van der Waals surface area contributed by atoms with Crippen molar-refractivity contribution in [3.05, 3.63) is 35.0 Å². The zero-order chi connectivity index (χ0) is 16.8. The summed E-state index contributed by atoms with van der Waals surface area (Å²) in [5, 5.41) is 9.45. The van der Waals surface area contributed by atoms with E-state index in [0.717, 1.165) is 6.42 Å². The highest BCUT2D eigenvalue weighted by atomic mass is 35.5. The number of hydrogen-bond acceptors (Lipinski definition) is 4. The van der Waals surface area contributed by atoms with Crippen molar-refractivity contribution in [2.24, 2.45) is 5.92 Å². The summed E-state index contributed by atoms with van der Waals surface area (Å²) in [6.45, 7) is 4.77. The first-order valence-corrected chi connectivity index (χ1v) is 7.70. The molecule has 0 aliphatic carbocycles. The molecule has 2 rings (SSSR count). The molecule has 0 bridgehead atoms. The number of aromatic nitrogens is 2. The normalized spacial score (nSPS) is 10.7. The van der Waals surface area contributed by atoms with Crippen LogP contribution in [0, 0.1) is 5.92 Å². The average Bonchev–Trinajstić information content (AvgIpc) is 3.00. The van der Waals surface area contributed by atoms with E-state index in [9.17, 15) is 4.79 Å². The van der Waals surface area contributed by atoms with Crippen molar-refractivity contribution in [3.8, 4) is 11.5 Å². The first-order chi connectivity index (χ1) is 11.0. The van der Waals surface area contributed by atoms with Crippen LogP contribution in [-0.4, -0.2) is 29.8 Å². The molecule has 1 aromatic heterocycles. The van der Waals surface area contributed by atoms with Gasteiger partial charge in [0, 0.05) is 11.6 Å². The molecule has 6 nitrogen and oxygen atoms in total. The number of amides is 1. The van der Waals surface area contributed by atoms with E-state index >= 15 is 0 Å². The summed E-state index contributed by atoms with van der Waals surface area (Å²) in [5.74, 6) is 1.59. The van der Waals surface area contributed by atoms with E-state index in [2.05, 4.69) is 29.4 Å². The van der Waals surface area contributed by atoms with Gasteiger partial charge in [0.25, 0.3) is 5.91 Å². The second-order valence-corrected chi connectivity index (χ2v) is 5.85. The predicted molar refractivity (Wildman–Crippen MR) is 89.5 cm³/mol. The third-order valence-corrected chi connectivity index (χ3v) is 3.46. The van der Waals surface area contributed by atoms with Crippen molar-refractivity contribution >= 4 is 23.3 Å². The number of carbonyl (C=O) groups excluding carboxylic acids is 1. The predicted octanol–water partition coefficient (Wildman–Crippen LogP) is 3.75. The third kappa shape index (κ3) is 4.63. The topological polar surface area (TPSA) is 76.2 Å². The second kappa shape index (κ2) is 7.87. The van der Waals surface area contributed by atoms with Crippen molar-refractivity contribution in [2.45, 2.75) is 20.3 Å². The minimum atomic E-state index is -0.316. The zero-order valence-electron chi connectivity index (χ0n) is 13.4. The largest absolute Gasteiger partial charge is 0.493 e. The van der Waals surface area contributed by atoms with Gasteiger partial charge in [0.05, 0.1) is 24.9 Å². The van der Waals surface area contributed by atoms with E-state index in [1.54, 1.807) is 24.4 Å². The van der Waals surface area contributed by atoms with Gasteiger partial charge < -0.3 is 14.8 Å². The number of H-pyrrole nitrogens is 1. The number of benzene rings is 1. The second-order valence-electron chi connectivity index (χ2n) is 5.44. The Morgan fingerprint density at radius 1 is 1.43 bits per heavy atom. The number of methoxy groups -OCH3 is 1. The van der Waals surface area contributed by atoms with Gasteiger partial charge in [0.15, 0.2) is 11.5 Å². The lowest BCUT2D eigenvalue weighted by Crippen LogP contribution is -2.13. The van der Waals surface area contributed by atoms with Crippen molar-refractivity contribution in [3.63, 3.8) is 0 Å². The molecule has 0 aliphatic rings. The fourth-order valence-electron chi connectivity index (χ4n) is 1.91. The third-order valence-electron chi connectivity index (χ3n) is 3.18. The molecule has 0 saturated carbocycles. The molecule has 7 heteroatoms. The highest BCUT2D eigenvalue weighted by molar-refractivity contribution is 6.32. The molecular weight excluding hydrogens is 318 g/mol. The van der Waals surface area contributed by atoms with Gasteiger partial charge in [-0.25, -0.2) is 0 Å². The molecule has 2 aromatic rings. The van der Waals surface area contributed by atoms with Gasteiger partial charge in [-0.15, -0.1) is 0 Å². The van der Waals surface area contributed by atoms with Gasteiger partial charge in [0.1, 0.15) is 5.82 Å². The SMILES string of the molecule is COc1cc(C(=O)Nc2ccn[nH]2)cc(Cl)c1OCCC(C)C. The molecule has 124 valence electrons. The summed E-state index contributed by atoms with van der Waals surface area (Å²) >= 11 is 6.25. The van der Waals surface area contributed by atoms with Crippen LogP contribution in [0.25, 0.3) is 0 Å². The van der Waals surface area contributed by atoms with Gasteiger partial charge in [-0.3, -0.25) is 9.89 Å². The van der Waals surface area contributed by atoms with Crippen LogP contribution in [0.2, 0.25) is 5.02 Å². The number of anilines is 1. The molecule has 0 atom stereocenters. The molecule has 1 aromatic carbocycles. The van der Waals surface area contributed by atoms with Crippen molar-refractivity contribution in [1.29, 1.82) is 0 Å². The number of carbonyl (C=O) groups is 1. The lowest BCUT2D eigenvalue weighted by Gasteiger charge is -2.14. The van der Waals surface area contributed by atoms with Crippen molar-refractivity contribution in [1.82, 2.24) is 10.2 Å². The van der Waals surface area contributed by atoms with E-state index in [1.807, 2.05) is 0 Å². The number of nitrogens with one attached hydrogen (secondary N) is 2. The van der Waals surface area contributed by atoms with Gasteiger partial charge in [-0.05, 0) is 24.5 Å². The maximum Gasteiger partial charge on any atom is 0.256 e. The number of aromatic amines is 1. The van der Waals surface area contributed by atoms with Crippen LogP contribution in [0.15, 0.2) is 24.4 Å². The highest BCUT2D eigenvalue weighted by Crippen LogP contribution is 2.36. The summed E-state index contributed by atoms with van der Waals surface area (Å²) in [6, 6.07) is 4.81. The fourth-order valence-corrected chi connectivity index (χ4v) is 2.17. The Labute approximate surface area is 140 Å². The standard InChI is InChI=1S/C16H20ClN3O3/c1-10(2)5-7-23-15-12(17)8-11(9-13(15)22-3)16(21)19-14-4-6-18-20-14/h4,6,8-10H,5,7H2,1-3H3,(H2,18,19,20,21). The summed E-state index contributed by atoms with van der Waals surface area (Å²) < 4.78 is 11.0. The number of nitrogens with zero attached hydrogens (tertiary/aromatic N) is 1. The Morgan fingerprint density at radius 2 is 2.22 bits per heavy atom. The number of halogens is 1. The number of rotatable bonds is 7. The van der Waals surface area contributed by atoms with E-state index in [1.165, 1.54) is 7.11 Å². The fraction of sp³-hybridized carbons (Fsp3) is 0.375. The van der Waals surface area contributed by atoms with Crippen LogP contribution in [0.3, 0.4) is 0 Å². The molecule has 0 saturated heterocycles. The summed E-state index contributed by atoms with van der Waals surface area (Å²) in [5.41, 5.74) is 0.373. The Kier molecular flexibility index (Phi) is 5.87. The molecule has 0 unspecified atom stereocenters. The van der Waals surface area contributed by atoms with Crippen LogP contribution in [0.4, 0.5) is 5.82 Å². The van der Waals surface area contributed by atoms with Gasteiger partial charge in [-0.1, -0.05) is 25.4 Å². The Hall–Kier alpha value is -2.21. The Bertz CT molecular complexity index is 657. The maximum atomic E-state index is 12.2. The van der Waals surface area contributed by atoms with E-state index in [0.29, 0.717) is 40.4 Å². The summed E-state index contributed by atoms with van der Waals surface area (Å²) in [7, 11) is 1.51. The van der Waals surface area contributed by atoms with Crippen LogP contribution in [0.5, 0.6) is 11.5 Å². The molecule has 0 radical (unpaired) electrons. The molecule has 2 N–H and O–H groups in total. The van der Waals surface area contributed by atoms with Crippen LogP contribution in [-0.2, 0) is 0 Å². The number of hydrogen-bond donors (Lipinski definition) is 2. The lowest BCUT2D eigenvalue weighted by molar-refractivity contribution is 0.102. The molecule has 0 fully saturated rings. The van der Waals surface area contributed by atoms with Crippen LogP contribution >= 0.6 is 11.6 Å². The monoisotopic (exact) mass is 337 g/mol. The van der Waals surface area contributed by atoms with Gasteiger partial charge >= 0.3 is 0 Å². The Balaban J connectivity index is 2.16. The minimum Gasteiger partial charge on any atom is -0.493 e. The van der Waals surface area contributed by atoms with E-state index in [4.69, 9.17) is 21.1 Å². The molecule has 1 heterocycles. The van der Waals surface area contributed by atoms with E-state index < -0.39 is 0 Å². The highest BCUT2D eigenvalue weighted by Gasteiger charge is 2.16. The van der Waals surface area contributed by atoms with Crippen molar-refractivity contribution in [2.75, 3.05) is 19.0 Å². The zero-order valence-corrected chi connectivity index (χ0v) is 14.1. The number of ether oxygens (including phenoxy) is 2. The summed E-state index contributed by atoms with van der Waals surface area (Å²) in [6.07, 6.45) is 2.45. The van der Waals surface area contributed by atoms with Crippen LogP contribution < -0.4 is 14.8 Å². The molecule has 0 aliphatic heterocycles. The molecular formula is C16H20ClN3O3. The quantitative estimate of drug-likeness (QED) is 0.806. The van der Waals surface area contributed by atoms with Crippen LogP contribution in [0.1, 0.15) is 30.6 Å². The van der Waals surface area contributed by atoms with Crippen molar-refractivity contribution < 1.29 is 14.3 Å². The molecule has 23 heavy (non-hydrogen) atoms. The lowest BCUT2D eigenvalue weighted by atomic mass is 10.1. The molecule has 1 amide bonds. The minimum absolute atomic E-state index is 0.316. The smallest absolute Gasteiger partial charge is 0.256 e. The van der Waals surface area contributed by atoms with Gasteiger partial charge in [-0.2, -0.15) is 5.10 Å². The molecule has 0 spiro atoms. The van der Waals surface area contributed by atoms with Gasteiger partial charge in [0.2, 0.25) is 0 Å². The Morgan fingerprint density at radius 3 is 2.83 bits per heavy atom.